The van der Waals surface area contributed by atoms with Crippen LogP contribution >= 0.6 is 0 Å². The van der Waals surface area contributed by atoms with Crippen LogP contribution in [0, 0.1) is 11.8 Å². The highest BCUT2D eigenvalue weighted by molar-refractivity contribution is 5.87. The molecule has 2 fully saturated rings. The lowest BCUT2D eigenvalue weighted by Gasteiger charge is -2.47. The summed E-state index contributed by atoms with van der Waals surface area (Å²) in [6.07, 6.45) is 7.07. The van der Waals surface area contributed by atoms with E-state index in [2.05, 4.69) is 34.1 Å². The highest BCUT2D eigenvalue weighted by Crippen LogP contribution is 2.47. The van der Waals surface area contributed by atoms with Gasteiger partial charge in [-0.15, -0.1) is 0 Å². The average Bonchev–Trinajstić information content (AvgIpc) is 2.94. The fraction of sp³-hybridized carbons (Fsp3) is 0.526. The van der Waals surface area contributed by atoms with E-state index in [1.54, 1.807) is 0 Å². The number of nitrogens with one attached hydrogen (secondary N) is 1. The fourth-order valence-electron chi connectivity index (χ4n) is 5.14. The first kappa shape index (κ1) is 12.7. The van der Waals surface area contributed by atoms with Crippen molar-refractivity contribution >= 4 is 16.8 Å². The zero-order valence-electron chi connectivity index (χ0n) is 12.8. The minimum Gasteiger partial charge on any atom is -0.356 e. The predicted octanol–water partition coefficient (Wildman–Crippen LogP) is 3.80. The van der Waals surface area contributed by atoms with E-state index in [-0.39, 0.29) is 0 Å². The molecular formula is C19H22N2O. The van der Waals surface area contributed by atoms with Gasteiger partial charge in [0.25, 0.3) is 0 Å². The van der Waals surface area contributed by atoms with Crippen LogP contribution in [0.25, 0.3) is 10.9 Å². The number of para-hydroxylation sites is 1. The summed E-state index contributed by atoms with van der Waals surface area (Å²) in [4.78, 5) is 18.8. The number of carbonyl (C=O) groups excluding carboxylic acids is 1. The minimum absolute atomic E-state index is 0.294. The van der Waals surface area contributed by atoms with Gasteiger partial charge in [-0.05, 0) is 43.2 Å². The molecule has 0 unspecified atom stereocenters. The first-order valence-electron chi connectivity index (χ1n) is 8.73. The molecule has 1 saturated heterocycles. The third kappa shape index (κ3) is 1.65. The Balaban J connectivity index is 1.60. The summed E-state index contributed by atoms with van der Waals surface area (Å²) in [6, 6.07) is 8.88. The number of aromatic nitrogens is 1. The zero-order valence-corrected chi connectivity index (χ0v) is 12.8. The quantitative estimate of drug-likeness (QED) is 0.788. The van der Waals surface area contributed by atoms with Crippen LogP contribution in [0.5, 0.6) is 0 Å². The van der Waals surface area contributed by atoms with Crippen LogP contribution in [0.1, 0.15) is 49.4 Å². The Morgan fingerprint density at radius 3 is 2.95 bits per heavy atom. The maximum atomic E-state index is 12.9. The first-order chi connectivity index (χ1) is 10.8. The molecular weight excluding hydrogens is 272 g/mol. The smallest absolute Gasteiger partial charge is 0.226 e. The van der Waals surface area contributed by atoms with Gasteiger partial charge in [0.05, 0.1) is 6.04 Å². The number of amides is 1. The van der Waals surface area contributed by atoms with Crippen molar-refractivity contribution < 1.29 is 4.79 Å². The van der Waals surface area contributed by atoms with E-state index in [9.17, 15) is 4.79 Å². The van der Waals surface area contributed by atoms with Gasteiger partial charge in [-0.2, -0.15) is 0 Å². The second kappa shape index (κ2) is 4.61. The molecule has 0 spiro atoms. The van der Waals surface area contributed by atoms with E-state index < -0.39 is 0 Å². The Kier molecular flexibility index (Phi) is 2.67. The van der Waals surface area contributed by atoms with Gasteiger partial charge in [0.2, 0.25) is 5.91 Å². The zero-order chi connectivity index (χ0) is 14.7. The first-order valence-corrected chi connectivity index (χ1v) is 8.73. The van der Waals surface area contributed by atoms with Crippen molar-refractivity contribution in [3.05, 3.63) is 35.5 Å². The van der Waals surface area contributed by atoms with Crippen molar-refractivity contribution in [1.82, 2.24) is 9.88 Å². The van der Waals surface area contributed by atoms with Crippen LogP contribution in [-0.2, 0) is 11.2 Å². The molecule has 1 aliphatic carbocycles. The van der Waals surface area contributed by atoms with E-state index in [1.165, 1.54) is 41.4 Å². The summed E-state index contributed by atoms with van der Waals surface area (Å²) in [5.74, 6) is 1.36. The summed E-state index contributed by atoms with van der Waals surface area (Å²) in [7, 11) is 0. The van der Waals surface area contributed by atoms with E-state index >= 15 is 0 Å². The molecule has 3 nitrogen and oxygen atoms in total. The van der Waals surface area contributed by atoms with Crippen molar-refractivity contribution in [2.75, 3.05) is 6.54 Å². The second-order valence-electron chi connectivity index (χ2n) is 7.25. The van der Waals surface area contributed by atoms with Crippen molar-refractivity contribution in [2.45, 2.75) is 44.6 Å². The van der Waals surface area contributed by atoms with Crippen LogP contribution in [0.15, 0.2) is 24.3 Å². The molecule has 0 bridgehead atoms. The summed E-state index contributed by atoms with van der Waals surface area (Å²) >= 11 is 0. The van der Waals surface area contributed by atoms with Crippen molar-refractivity contribution in [1.29, 1.82) is 0 Å². The van der Waals surface area contributed by atoms with Gasteiger partial charge in [0, 0.05) is 29.1 Å². The van der Waals surface area contributed by atoms with E-state index in [1.807, 2.05) is 0 Å². The standard InChI is InChI=1S/C19H22N2O/c22-19-13-6-2-1-5-12(13)11-17-18-15(9-10-21(17)19)14-7-3-4-8-16(14)20-18/h3-4,7-8,12-13,17,20H,1-2,5-6,9-11H2/t12-,13-,17-/m1/s1. The number of hydrogen-bond acceptors (Lipinski definition) is 1. The second-order valence-corrected chi connectivity index (χ2v) is 7.25. The van der Waals surface area contributed by atoms with Gasteiger partial charge >= 0.3 is 0 Å². The van der Waals surface area contributed by atoms with Crippen molar-refractivity contribution in [3.63, 3.8) is 0 Å². The SMILES string of the molecule is O=C1[C@@H]2CCCC[C@@H]2C[C@@H]2c3[nH]c4ccccc4c3CCN12. The van der Waals surface area contributed by atoms with Crippen LogP contribution in [0.2, 0.25) is 0 Å². The molecule has 114 valence electrons. The highest BCUT2D eigenvalue weighted by atomic mass is 16.2. The highest BCUT2D eigenvalue weighted by Gasteiger charge is 2.45. The van der Waals surface area contributed by atoms with Crippen LogP contribution in [-0.4, -0.2) is 22.3 Å². The topological polar surface area (TPSA) is 36.1 Å². The number of hydrogen-bond donors (Lipinski definition) is 1. The number of fused-ring (bicyclic) bond motifs is 6. The molecule has 0 radical (unpaired) electrons. The van der Waals surface area contributed by atoms with E-state index in [4.69, 9.17) is 0 Å². The lowest BCUT2D eigenvalue weighted by molar-refractivity contribution is -0.148. The molecule has 3 heteroatoms. The molecule has 3 atom stereocenters. The largest absolute Gasteiger partial charge is 0.356 e. The molecule has 5 rings (SSSR count). The van der Waals surface area contributed by atoms with Crippen LogP contribution in [0.3, 0.4) is 0 Å². The number of aromatic amines is 1. The Labute approximate surface area is 130 Å². The molecule has 22 heavy (non-hydrogen) atoms. The lowest BCUT2D eigenvalue weighted by Crippen LogP contribution is -2.50. The number of piperidine rings is 1. The summed E-state index contributed by atoms with van der Waals surface area (Å²) < 4.78 is 0. The Bertz CT molecular complexity index is 747. The summed E-state index contributed by atoms with van der Waals surface area (Å²) in [5, 5.41) is 1.36. The molecule has 1 saturated carbocycles. The minimum atomic E-state index is 0.294. The van der Waals surface area contributed by atoms with Crippen LogP contribution < -0.4 is 0 Å². The molecule has 3 aliphatic rings. The number of nitrogens with zero attached hydrogens (tertiary/aromatic N) is 1. The number of benzene rings is 1. The van der Waals surface area contributed by atoms with Gasteiger partial charge in [-0.25, -0.2) is 0 Å². The van der Waals surface area contributed by atoms with Gasteiger partial charge in [-0.1, -0.05) is 31.0 Å². The van der Waals surface area contributed by atoms with Gasteiger partial charge < -0.3 is 9.88 Å². The Hall–Kier alpha value is -1.77. The number of H-pyrrole nitrogens is 1. The normalized spacial score (nSPS) is 30.8. The molecule has 1 aromatic carbocycles. The predicted molar refractivity (Wildman–Crippen MR) is 86.5 cm³/mol. The third-order valence-electron chi connectivity index (χ3n) is 6.19. The fourth-order valence-corrected chi connectivity index (χ4v) is 5.14. The molecule has 2 aliphatic heterocycles. The van der Waals surface area contributed by atoms with Gasteiger partial charge in [0.1, 0.15) is 0 Å². The average molecular weight is 294 g/mol. The van der Waals surface area contributed by atoms with Crippen LogP contribution in [0.4, 0.5) is 0 Å². The monoisotopic (exact) mass is 294 g/mol. The summed E-state index contributed by atoms with van der Waals surface area (Å²) in [6.45, 7) is 0.904. The maximum Gasteiger partial charge on any atom is 0.226 e. The number of rotatable bonds is 0. The molecule has 1 aromatic heterocycles. The number of carbonyl (C=O) groups is 1. The molecule has 2 aromatic rings. The van der Waals surface area contributed by atoms with Crippen molar-refractivity contribution in [3.8, 4) is 0 Å². The Morgan fingerprint density at radius 1 is 1.14 bits per heavy atom. The molecule has 1 amide bonds. The van der Waals surface area contributed by atoms with E-state index in [0.717, 1.165) is 25.8 Å². The van der Waals surface area contributed by atoms with E-state index in [0.29, 0.717) is 23.8 Å². The van der Waals surface area contributed by atoms with Gasteiger partial charge in [0.15, 0.2) is 0 Å². The van der Waals surface area contributed by atoms with Gasteiger partial charge in [-0.3, -0.25) is 4.79 Å². The molecule has 3 heterocycles. The lowest BCUT2D eigenvalue weighted by atomic mass is 9.71. The van der Waals surface area contributed by atoms with Crippen molar-refractivity contribution in [2.24, 2.45) is 11.8 Å². The maximum absolute atomic E-state index is 12.9. The third-order valence-corrected chi connectivity index (χ3v) is 6.19. The molecule has 1 N–H and O–H groups in total. The Morgan fingerprint density at radius 2 is 2.00 bits per heavy atom. The summed E-state index contributed by atoms with van der Waals surface area (Å²) in [5.41, 5.74) is 4.01.